The number of unbranched alkanes of at least 4 members (excludes halogenated alkanes) is 1. The highest BCUT2D eigenvalue weighted by atomic mass is 16.5. The Morgan fingerprint density at radius 1 is 1.03 bits per heavy atom. The summed E-state index contributed by atoms with van der Waals surface area (Å²) < 4.78 is 12.9. The molecule has 1 aliphatic rings. The van der Waals surface area contributed by atoms with Gasteiger partial charge in [-0.3, -0.25) is 4.79 Å². The Kier molecular flexibility index (Phi) is 6.84. The van der Waals surface area contributed by atoms with E-state index in [1.807, 2.05) is 41.3 Å². The lowest BCUT2D eigenvalue weighted by atomic mass is 10.1. The smallest absolute Gasteiger partial charge is 0.254 e. The molecule has 3 aromatic rings. The number of nitrogens with zero attached hydrogens (tertiary/aromatic N) is 6. The molecule has 0 radical (unpaired) electrons. The number of piperazine rings is 1. The summed E-state index contributed by atoms with van der Waals surface area (Å²) in [7, 11) is 1.59. The van der Waals surface area contributed by atoms with E-state index in [9.17, 15) is 4.79 Å². The van der Waals surface area contributed by atoms with Crippen molar-refractivity contribution >= 4 is 11.9 Å². The standard InChI is InChI=1S/C23H28N6O3/c1-3-4-16-32-20-11-10-18(17-21(20)31-2)22(30)27-12-14-28(15-13-27)23-24-25-26-29(23)19-8-6-5-7-9-19/h5-11,17H,3-4,12-16H2,1-2H3. The monoisotopic (exact) mass is 436 g/mol. The van der Waals surface area contributed by atoms with Gasteiger partial charge in [0.2, 0.25) is 5.95 Å². The maximum Gasteiger partial charge on any atom is 0.254 e. The molecule has 0 aliphatic carbocycles. The fourth-order valence-electron chi connectivity index (χ4n) is 3.65. The summed E-state index contributed by atoms with van der Waals surface area (Å²) >= 11 is 0. The average Bonchev–Trinajstić information content (AvgIpc) is 3.34. The van der Waals surface area contributed by atoms with E-state index >= 15 is 0 Å². The number of ether oxygens (including phenoxy) is 2. The van der Waals surface area contributed by atoms with Crippen LogP contribution in [0.15, 0.2) is 48.5 Å². The van der Waals surface area contributed by atoms with Crippen LogP contribution in [-0.4, -0.2) is 70.9 Å². The zero-order valence-corrected chi connectivity index (χ0v) is 18.5. The summed E-state index contributed by atoms with van der Waals surface area (Å²) in [5.41, 5.74) is 1.49. The van der Waals surface area contributed by atoms with Gasteiger partial charge in [0.1, 0.15) is 0 Å². The van der Waals surface area contributed by atoms with E-state index < -0.39 is 0 Å². The Bertz CT molecular complexity index is 1030. The second kappa shape index (κ2) is 10.1. The van der Waals surface area contributed by atoms with Crippen molar-refractivity contribution < 1.29 is 14.3 Å². The zero-order chi connectivity index (χ0) is 22.3. The summed E-state index contributed by atoms with van der Waals surface area (Å²) in [5.74, 6) is 1.90. The van der Waals surface area contributed by atoms with Crippen molar-refractivity contribution in [3.05, 3.63) is 54.1 Å². The Labute approximate surface area is 187 Å². The van der Waals surface area contributed by atoms with Crippen LogP contribution in [0.2, 0.25) is 0 Å². The number of aromatic nitrogens is 4. The van der Waals surface area contributed by atoms with Crippen LogP contribution in [0.5, 0.6) is 11.5 Å². The highest BCUT2D eigenvalue weighted by Crippen LogP contribution is 2.29. The molecule has 9 nitrogen and oxygen atoms in total. The number of anilines is 1. The molecule has 4 rings (SSSR count). The maximum atomic E-state index is 13.1. The van der Waals surface area contributed by atoms with E-state index in [1.165, 1.54) is 0 Å². The van der Waals surface area contributed by atoms with Crippen LogP contribution < -0.4 is 14.4 Å². The van der Waals surface area contributed by atoms with Gasteiger partial charge in [-0.15, -0.1) is 0 Å². The minimum atomic E-state index is -0.0225. The molecule has 0 atom stereocenters. The molecule has 1 aliphatic heterocycles. The van der Waals surface area contributed by atoms with Crippen LogP contribution in [0.4, 0.5) is 5.95 Å². The highest BCUT2D eigenvalue weighted by Gasteiger charge is 2.26. The quantitative estimate of drug-likeness (QED) is 0.502. The Balaban J connectivity index is 1.41. The number of hydrogen-bond donors (Lipinski definition) is 0. The normalized spacial score (nSPS) is 13.8. The van der Waals surface area contributed by atoms with Crippen molar-refractivity contribution in [2.75, 3.05) is 44.8 Å². The lowest BCUT2D eigenvalue weighted by Crippen LogP contribution is -2.49. The maximum absolute atomic E-state index is 13.1. The molecule has 1 aromatic heterocycles. The molecule has 1 amide bonds. The van der Waals surface area contributed by atoms with Crippen LogP contribution in [0, 0.1) is 0 Å². The van der Waals surface area contributed by atoms with Gasteiger partial charge in [-0.1, -0.05) is 36.6 Å². The molecule has 1 saturated heterocycles. The van der Waals surface area contributed by atoms with Crippen LogP contribution in [0.1, 0.15) is 30.1 Å². The van der Waals surface area contributed by atoms with Gasteiger partial charge >= 0.3 is 0 Å². The van der Waals surface area contributed by atoms with Crippen molar-refractivity contribution in [3.63, 3.8) is 0 Å². The first-order valence-electron chi connectivity index (χ1n) is 10.9. The van der Waals surface area contributed by atoms with Gasteiger partial charge in [0.15, 0.2) is 11.5 Å². The van der Waals surface area contributed by atoms with Crippen molar-refractivity contribution in [2.24, 2.45) is 0 Å². The summed E-state index contributed by atoms with van der Waals surface area (Å²) in [5, 5.41) is 12.2. The largest absolute Gasteiger partial charge is 0.493 e. The summed E-state index contributed by atoms with van der Waals surface area (Å²) in [6, 6.07) is 15.1. The van der Waals surface area contributed by atoms with Gasteiger partial charge in [0, 0.05) is 31.7 Å². The SMILES string of the molecule is CCCCOc1ccc(C(=O)N2CCN(c3nnnn3-c3ccccc3)CC2)cc1OC. The van der Waals surface area contributed by atoms with Gasteiger partial charge in [-0.25, -0.2) is 0 Å². The minimum Gasteiger partial charge on any atom is -0.493 e. The number of benzene rings is 2. The molecule has 1 fully saturated rings. The third-order valence-electron chi connectivity index (χ3n) is 5.47. The van der Waals surface area contributed by atoms with Gasteiger partial charge in [0.25, 0.3) is 5.91 Å². The van der Waals surface area contributed by atoms with Crippen LogP contribution >= 0.6 is 0 Å². The minimum absolute atomic E-state index is 0.0225. The lowest BCUT2D eigenvalue weighted by Gasteiger charge is -2.34. The van der Waals surface area contributed by atoms with Crippen LogP contribution in [0.3, 0.4) is 0 Å². The molecular weight excluding hydrogens is 408 g/mol. The molecule has 0 saturated carbocycles. The first kappa shape index (κ1) is 21.6. The molecule has 0 bridgehead atoms. The van der Waals surface area contributed by atoms with Crippen molar-refractivity contribution in [2.45, 2.75) is 19.8 Å². The fraction of sp³-hybridized carbons (Fsp3) is 0.391. The van der Waals surface area contributed by atoms with E-state index in [1.54, 1.807) is 23.9 Å². The number of para-hydroxylation sites is 1. The molecule has 168 valence electrons. The molecule has 0 spiro atoms. The van der Waals surface area contributed by atoms with E-state index in [4.69, 9.17) is 9.47 Å². The Hall–Kier alpha value is -3.62. The first-order chi connectivity index (χ1) is 15.7. The lowest BCUT2D eigenvalue weighted by molar-refractivity contribution is 0.0745. The van der Waals surface area contributed by atoms with Crippen molar-refractivity contribution in [1.82, 2.24) is 25.1 Å². The predicted octanol–water partition coefficient (Wildman–Crippen LogP) is 2.81. The number of carbonyl (C=O) groups excluding carboxylic acids is 1. The van der Waals surface area contributed by atoms with Gasteiger partial charge < -0.3 is 19.3 Å². The van der Waals surface area contributed by atoms with E-state index in [2.05, 4.69) is 27.3 Å². The third kappa shape index (κ3) is 4.66. The molecule has 2 aromatic carbocycles. The van der Waals surface area contributed by atoms with Crippen molar-refractivity contribution in [1.29, 1.82) is 0 Å². The predicted molar refractivity (Wildman–Crippen MR) is 121 cm³/mol. The molecule has 2 heterocycles. The molecule has 9 heteroatoms. The summed E-state index contributed by atoms with van der Waals surface area (Å²) in [6.07, 6.45) is 2.03. The number of carbonyl (C=O) groups is 1. The van der Waals surface area contributed by atoms with Gasteiger partial charge in [0.05, 0.1) is 19.4 Å². The highest BCUT2D eigenvalue weighted by molar-refractivity contribution is 5.95. The van der Waals surface area contributed by atoms with E-state index in [0.717, 1.165) is 18.5 Å². The molecule has 0 unspecified atom stereocenters. The van der Waals surface area contributed by atoms with Crippen molar-refractivity contribution in [3.8, 4) is 17.2 Å². The van der Waals surface area contributed by atoms with E-state index in [-0.39, 0.29) is 5.91 Å². The van der Waals surface area contributed by atoms with Gasteiger partial charge in [-0.05, 0) is 47.2 Å². The van der Waals surface area contributed by atoms with E-state index in [0.29, 0.717) is 55.8 Å². The topological polar surface area (TPSA) is 85.6 Å². The average molecular weight is 437 g/mol. The zero-order valence-electron chi connectivity index (χ0n) is 18.5. The molecular formula is C23H28N6O3. The number of tetrazole rings is 1. The molecule has 32 heavy (non-hydrogen) atoms. The fourth-order valence-corrected chi connectivity index (χ4v) is 3.65. The number of hydrogen-bond acceptors (Lipinski definition) is 7. The second-order valence-electron chi connectivity index (χ2n) is 7.57. The second-order valence-corrected chi connectivity index (χ2v) is 7.57. The number of methoxy groups -OCH3 is 1. The third-order valence-corrected chi connectivity index (χ3v) is 5.47. The number of amides is 1. The van der Waals surface area contributed by atoms with Crippen LogP contribution in [-0.2, 0) is 0 Å². The summed E-state index contributed by atoms with van der Waals surface area (Å²) in [4.78, 5) is 17.0. The summed E-state index contributed by atoms with van der Waals surface area (Å²) in [6.45, 7) is 5.20. The molecule has 0 N–H and O–H groups in total. The Morgan fingerprint density at radius 3 is 2.53 bits per heavy atom. The Morgan fingerprint density at radius 2 is 1.81 bits per heavy atom. The van der Waals surface area contributed by atoms with Gasteiger partial charge in [-0.2, -0.15) is 4.68 Å². The number of rotatable bonds is 8. The van der Waals surface area contributed by atoms with Crippen LogP contribution in [0.25, 0.3) is 5.69 Å². The first-order valence-corrected chi connectivity index (χ1v) is 10.9.